The van der Waals surface area contributed by atoms with Crippen molar-refractivity contribution >= 4 is 17.2 Å². The quantitative estimate of drug-likeness (QED) is 0.473. The molecule has 0 unspecified atom stereocenters. The molecule has 4 heteroatoms. The summed E-state index contributed by atoms with van der Waals surface area (Å²) >= 11 is 4.79. The second-order valence-electron chi connectivity index (χ2n) is 3.07. The first-order valence-electron chi connectivity index (χ1n) is 4.71. The molecule has 0 saturated heterocycles. The summed E-state index contributed by atoms with van der Waals surface area (Å²) in [4.78, 5) is 2.81. The van der Waals surface area contributed by atoms with E-state index < -0.39 is 0 Å². The molecule has 0 spiro atoms. The zero-order valence-electron chi connectivity index (χ0n) is 8.58. The van der Waals surface area contributed by atoms with Crippen molar-refractivity contribution in [3.8, 4) is 0 Å². The molecule has 2 N–H and O–H groups in total. The van der Waals surface area contributed by atoms with Crippen LogP contribution in [0.4, 0.5) is 0 Å². The SMILES string of the molecule is CCOCCCN(C)CCC(N)=S. The lowest BCUT2D eigenvalue weighted by Crippen LogP contribution is -2.25. The molecule has 0 radical (unpaired) electrons. The maximum atomic E-state index is 5.40. The first-order valence-corrected chi connectivity index (χ1v) is 5.12. The lowest BCUT2D eigenvalue weighted by Gasteiger charge is -2.15. The molecule has 0 aromatic heterocycles. The minimum absolute atomic E-state index is 0.594. The third-order valence-corrected chi connectivity index (χ3v) is 1.98. The summed E-state index contributed by atoms with van der Waals surface area (Å²) < 4.78 is 5.23. The van der Waals surface area contributed by atoms with Gasteiger partial charge in [-0.3, -0.25) is 0 Å². The van der Waals surface area contributed by atoms with E-state index in [0.717, 1.165) is 39.1 Å². The molecule has 0 aliphatic rings. The van der Waals surface area contributed by atoms with Gasteiger partial charge in [0.1, 0.15) is 0 Å². The summed E-state index contributed by atoms with van der Waals surface area (Å²) in [6.45, 7) is 5.64. The van der Waals surface area contributed by atoms with Crippen LogP contribution in [-0.4, -0.2) is 43.2 Å². The number of nitrogens with zero attached hydrogens (tertiary/aromatic N) is 1. The number of nitrogens with two attached hydrogens (primary N) is 1. The monoisotopic (exact) mass is 204 g/mol. The van der Waals surface area contributed by atoms with E-state index in [-0.39, 0.29) is 0 Å². The van der Waals surface area contributed by atoms with Crippen LogP contribution in [0.25, 0.3) is 0 Å². The van der Waals surface area contributed by atoms with Gasteiger partial charge in [0.25, 0.3) is 0 Å². The summed E-state index contributed by atoms with van der Waals surface area (Å²) in [5.74, 6) is 0. The van der Waals surface area contributed by atoms with Crippen LogP contribution in [0.2, 0.25) is 0 Å². The highest BCUT2D eigenvalue weighted by Crippen LogP contribution is 1.91. The number of thiocarbonyl (C=S) groups is 1. The predicted octanol–water partition coefficient (Wildman–Crippen LogP) is 1.02. The Labute approximate surface area is 86.2 Å². The largest absolute Gasteiger partial charge is 0.393 e. The van der Waals surface area contributed by atoms with Crippen LogP contribution in [0.1, 0.15) is 19.8 Å². The Morgan fingerprint density at radius 3 is 2.69 bits per heavy atom. The fourth-order valence-corrected chi connectivity index (χ4v) is 1.09. The predicted molar refractivity (Wildman–Crippen MR) is 60.0 cm³/mol. The van der Waals surface area contributed by atoms with Crippen LogP contribution < -0.4 is 5.73 Å². The third kappa shape index (κ3) is 9.73. The first kappa shape index (κ1) is 12.8. The number of hydrogen-bond donors (Lipinski definition) is 1. The Morgan fingerprint density at radius 2 is 2.15 bits per heavy atom. The second kappa shape index (κ2) is 8.41. The van der Waals surface area contributed by atoms with Gasteiger partial charge in [0, 0.05) is 32.7 Å². The number of ether oxygens (including phenoxy) is 1. The third-order valence-electron chi connectivity index (χ3n) is 1.77. The molecule has 3 nitrogen and oxygen atoms in total. The van der Waals surface area contributed by atoms with Crippen LogP contribution in [0.3, 0.4) is 0 Å². The van der Waals surface area contributed by atoms with Gasteiger partial charge in [-0.2, -0.15) is 0 Å². The number of hydrogen-bond acceptors (Lipinski definition) is 3. The molecule has 0 heterocycles. The highest BCUT2D eigenvalue weighted by atomic mass is 32.1. The maximum Gasteiger partial charge on any atom is 0.0740 e. The van der Waals surface area contributed by atoms with Gasteiger partial charge in [0.05, 0.1) is 4.99 Å². The molecule has 0 aliphatic heterocycles. The van der Waals surface area contributed by atoms with E-state index in [4.69, 9.17) is 22.7 Å². The molecule has 0 aromatic rings. The van der Waals surface area contributed by atoms with Gasteiger partial charge in [0.15, 0.2) is 0 Å². The minimum Gasteiger partial charge on any atom is -0.393 e. The standard InChI is InChI=1S/C9H20N2OS/c1-3-12-8-4-6-11(2)7-5-9(10)13/h3-8H2,1-2H3,(H2,10,13). The number of rotatable bonds is 8. The van der Waals surface area contributed by atoms with Crippen molar-refractivity contribution in [2.24, 2.45) is 5.73 Å². The zero-order valence-corrected chi connectivity index (χ0v) is 9.40. The summed E-state index contributed by atoms with van der Waals surface area (Å²) in [6, 6.07) is 0. The maximum absolute atomic E-state index is 5.40. The minimum atomic E-state index is 0.594. The molecule has 78 valence electrons. The van der Waals surface area contributed by atoms with E-state index in [1.165, 1.54) is 0 Å². The Morgan fingerprint density at radius 1 is 1.46 bits per heavy atom. The van der Waals surface area contributed by atoms with Crippen molar-refractivity contribution in [3.63, 3.8) is 0 Å². The van der Waals surface area contributed by atoms with Crippen LogP contribution >= 0.6 is 12.2 Å². The Bertz CT molecular complexity index is 142. The van der Waals surface area contributed by atoms with Crippen molar-refractivity contribution in [1.29, 1.82) is 0 Å². The van der Waals surface area contributed by atoms with Gasteiger partial charge in [0.2, 0.25) is 0 Å². The highest BCUT2D eigenvalue weighted by molar-refractivity contribution is 7.80. The van der Waals surface area contributed by atoms with Crippen LogP contribution in [-0.2, 0) is 4.74 Å². The van der Waals surface area contributed by atoms with Gasteiger partial charge in [-0.15, -0.1) is 0 Å². The van der Waals surface area contributed by atoms with E-state index in [0.29, 0.717) is 4.99 Å². The topological polar surface area (TPSA) is 38.5 Å². The Hall–Kier alpha value is -0.190. The van der Waals surface area contributed by atoms with Crippen molar-refractivity contribution in [3.05, 3.63) is 0 Å². The van der Waals surface area contributed by atoms with Crippen LogP contribution in [0.5, 0.6) is 0 Å². The lowest BCUT2D eigenvalue weighted by atomic mass is 10.3. The Balaban J connectivity index is 3.19. The molecule has 0 saturated carbocycles. The van der Waals surface area contributed by atoms with Gasteiger partial charge in [-0.1, -0.05) is 12.2 Å². The van der Waals surface area contributed by atoms with E-state index in [1.807, 2.05) is 6.92 Å². The second-order valence-corrected chi connectivity index (χ2v) is 3.59. The molecule has 0 atom stereocenters. The fraction of sp³-hybridized carbons (Fsp3) is 0.889. The fourth-order valence-electron chi connectivity index (χ4n) is 0.994. The van der Waals surface area contributed by atoms with E-state index in [9.17, 15) is 0 Å². The normalized spacial score (nSPS) is 10.7. The van der Waals surface area contributed by atoms with Crippen LogP contribution in [0.15, 0.2) is 0 Å². The zero-order chi connectivity index (χ0) is 10.1. The first-order chi connectivity index (χ1) is 6.16. The van der Waals surface area contributed by atoms with Gasteiger partial charge in [-0.25, -0.2) is 0 Å². The van der Waals surface area contributed by atoms with Crippen molar-refractivity contribution in [2.75, 3.05) is 33.4 Å². The molecular formula is C9H20N2OS. The van der Waals surface area contributed by atoms with Crippen LogP contribution in [0, 0.1) is 0 Å². The highest BCUT2D eigenvalue weighted by Gasteiger charge is 1.98. The lowest BCUT2D eigenvalue weighted by molar-refractivity contribution is 0.136. The van der Waals surface area contributed by atoms with Crippen molar-refractivity contribution in [1.82, 2.24) is 4.90 Å². The van der Waals surface area contributed by atoms with E-state index in [1.54, 1.807) is 0 Å². The van der Waals surface area contributed by atoms with Gasteiger partial charge >= 0.3 is 0 Å². The Kier molecular flexibility index (Phi) is 8.29. The average molecular weight is 204 g/mol. The van der Waals surface area contributed by atoms with Gasteiger partial charge in [-0.05, 0) is 20.4 Å². The smallest absolute Gasteiger partial charge is 0.0740 e. The van der Waals surface area contributed by atoms with E-state index in [2.05, 4.69) is 11.9 Å². The molecule has 0 aromatic carbocycles. The molecule has 0 bridgehead atoms. The molecule has 0 amide bonds. The molecule has 0 aliphatic carbocycles. The summed E-state index contributed by atoms with van der Waals surface area (Å²) in [5.41, 5.74) is 5.40. The van der Waals surface area contributed by atoms with Gasteiger partial charge < -0.3 is 15.4 Å². The summed E-state index contributed by atoms with van der Waals surface area (Å²) in [7, 11) is 2.07. The molecule has 13 heavy (non-hydrogen) atoms. The van der Waals surface area contributed by atoms with Crippen molar-refractivity contribution in [2.45, 2.75) is 19.8 Å². The molecule has 0 fully saturated rings. The molecular weight excluding hydrogens is 184 g/mol. The van der Waals surface area contributed by atoms with E-state index >= 15 is 0 Å². The van der Waals surface area contributed by atoms with Crippen molar-refractivity contribution < 1.29 is 4.74 Å². The summed E-state index contributed by atoms with van der Waals surface area (Å²) in [5, 5.41) is 0. The molecule has 0 rings (SSSR count). The summed E-state index contributed by atoms with van der Waals surface area (Å²) in [6.07, 6.45) is 1.88. The average Bonchev–Trinajstić information content (AvgIpc) is 2.09.